The Bertz CT molecular complexity index is 3480. The molecule has 3 heteroatoms. The van der Waals surface area contributed by atoms with Gasteiger partial charge in [0.05, 0.1) is 28.1 Å². The summed E-state index contributed by atoms with van der Waals surface area (Å²) >= 11 is 1.89. The molecule has 11 aromatic rings. The van der Waals surface area contributed by atoms with Crippen molar-refractivity contribution >= 4 is 70.4 Å². The second kappa shape index (κ2) is 13.4. The first-order valence-corrected chi connectivity index (χ1v) is 21.6. The summed E-state index contributed by atoms with van der Waals surface area (Å²) in [5, 5.41) is 5.04. The van der Waals surface area contributed by atoms with E-state index in [1.165, 1.54) is 86.5 Å². The molecule has 2 aromatic heterocycles. The van der Waals surface area contributed by atoms with Gasteiger partial charge in [-0.15, -0.1) is 11.3 Å². The third-order valence-corrected chi connectivity index (χ3v) is 14.0. The van der Waals surface area contributed by atoms with Crippen LogP contribution in [0.1, 0.15) is 25.0 Å². The Morgan fingerprint density at radius 1 is 0.433 bits per heavy atom. The number of anilines is 3. The third-order valence-electron chi connectivity index (χ3n) is 12.8. The van der Waals surface area contributed by atoms with Crippen LogP contribution in [0.5, 0.6) is 0 Å². The van der Waals surface area contributed by atoms with E-state index in [0.717, 1.165) is 22.7 Å². The smallest absolute Gasteiger partial charge is 0.0562 e. The lowest BCUT2D eigenvalue weighted by molar-refractivity contribution is 0.660. The molecule has 2 heterocycles. The van der Waals surface area contributed by atoms with Crippen LogP contribution in [0.4, 0.5) is 17.1 Å². The van der Waals surface area contributed by atoms with Crippen LogP contribution in [0.25, 0.3) is 81.0 Å². The lowest BCUT2D eigenvalue weighted by atomic mass is 9.82. The van der Waals surface area contributed by atoms with E-state index in [1.54, 1.807) is 0 Å². The van der Waals surface area contributed by atoms with Crippen LogP contribution in [-0.4, -0.2) is 4.57 Å². The lowest BCUT2D eigenvalue weighted by Gasteiger charge is -2.30. The maximum absolute atomic E-state index is 2.54. The topological polar surface area (TPSA) is 8.17 Å². The van der Waals surface area contributed by atoms with E-state index in [1.807, 2.05) is 11.3 Å². The van der Waals surface area contributed by atoms with E-state index < -0.39 is 0 Å². The Kier molecular flexibility index (Phi) is 7.79. The summed E-state index contributed by atoms with van der Waals surface area (Å²) in [4.78, 5) is 2.54. The first-order chi connectivity index (χ1) is 29.6. The van der Waals surface area contributed by atoms with Crippen LogP contribution in [0.3, 0.4) is 0 Å². The summed E-state index contributed by atoms with van der Waals surface area (Å²) in [7, 11) is 0. The number of hydrogen-bond donors (Lipinski definition) is 0. The number of thiophene rings is 1. The van der Waals surface area contributed by atoms with Gasteiger partial charge in [0, 0.05) is 58.7 Å². The molecule has 0 spiro atoms. The molecule has 0 radical (unpaired) electrons. The minimum absolute atomic E-state index is 0.154. The number of hydrogen-bond acceptors (Lipinski definition) is 2. The van der Waals surface area contributed by atoms with E-state index in [4.69, 9.17) is 0 Å². The standard InChI is InChI=1S/C57H40N2S/c1-57(2)47-27-11-6-21-40(47)41-35-34-38(36-48(41)57)58(50-29-13-8-22-42(50)44-25-16-26-45-43-23-10-15-33-54(43)60-56(44)45)52-31-17-32-53-55(52)46-24-9-14-30-51(46)59(53)49-28-12-7-20-39(49)37-18-4-3-5-19-37/h3-36H,1-2H3. The highest BCUT2D eigenvalue weighted by Crippen LogP contribution is 2.53. The van der Waals surface area contributed by atoms with Crippen LogP contribution in [0, 0.1) is 0 Å². The molecule has 0 N–H and O–H groups in total. The normalized spacial score (nSPS) is 13.0. The summed E-state index contributed by atoms with van der Waals surface area (Å²) in [5.41, 5.74) is 17.0. The molecular formula is C57H40N2S. The van der Waals surface area contributed by atoms with Gasteiger partial charge in [0.15, 0.2) is 0 Å². The van der Waals surface area contributed by atoms with Crippen molar-refractivity contribution in [1.82, 2.24) is 4.57 Å². The number of aromatic nitrogens is 1. The second-order valence-electron chi connectivity index (χ2n) is 16.4. The van der Waals surface area contributed by atoms with Gasteiger partial charge in [-0.1, -0.05) is 172 Å². The molecule has 0 atom stereocenters. The van der Waals surface area contributed by atoms with E-state index in [9.17, 15) is 0 Å². The van der Waals surface area contributed by atoms with Crippen molar-refractivity contribution in [1.29, 1.82) is 0 Å². The SMILES string of the molecule is CC1(C)c2ccccc2-c2ccc(N(c3ccccc3-c3cccc4c3sc3ccccc34)c3cccc4c3c3ccccc3n4-c3ccccc3-c3ccccc3)cc21. The average Bonchev–Trinajstić information content (AvgIpc) is 3.93. The van der Waals surface area contributed by atoms with E-state index >= 15 is 0 Å². The first kappa shape index (κ1) is 34.8. The largest absolute Gasteiger partial charge is 0.309 e. The molecule has 0 unspecified atom stereocenters. The Morgan fingerprint density at radius 3 is 1.93 bits per heavy atom. The highest BCUT2D eigenvalue weighted by atomic mass is 32.1. The predicted octanol–water partition coefficient (Wildman–Crippen LogP) is 16.3. The monoisotopic (exact) mass is 784 g/mol. The van der Waals surface area contributed by atoms with Crippen molar-refractivity contribution in [2.75, 3.05) is 4.90 Å². The van der Waals surface area contributed by atoms with E-state index in [0.29, 0.717) is 0 Å². The fourth-order valence-electron chi connectivity index (χ4n) is 10.1. The third kappa shape index (κ3) is 5.12. The van der Waals surface area contributed by atoms with Gasteiger partial charge in [0.2, 0.25) is 0 Å². The summed E-state index contributed by atoms with van der Waals surface area (Å²) in [6, 6.07) is 76.1. The molecule has 2 nitrogen and oxygen atoms in total. The Labute approximate surface area is 353 Å². The molecule has 12 rings (SSSR count). The van der Waals surface area contributed by atoms with E-state index in [-0.39, 0.29) is 5.41 Å². The van der Waals surface area contributed by atoms with Crippen molar-refractivity contribution in [2.45, 2.75) is 19.3 Å². The highest BCUT2D eigenvalue weighted by molar-refractivity contribution is 7.26. The fourth-order valence-corrected chi connectivity index (χ4v) is 11.3. The van der Waals surface area contributed by atoms with Gasteiger partial charge in [0.1, 0.15) is 0 Å². The maximum Gasteiger partial charge on any atom is 0.0562 e. The van der Waals surface area contributed by atoms with Crippen LogP contribution in [-0.2, 0) is 5.41 Å². The van der Waals surface area contributed by atoms with Gasteiger partial charge >= 0.3 is 0 Å². The van der Waals surface area contributed by atoms with Crippen molar-refractivity contribution in [3.05, 3.63) is 217 Å². The zero-order valence-electron chi connectivity index (χ0n) is 33.4. The number of benzene rings is 9. The molecule has 284 valence electrons. The molecule has 0 aliphatic heterocycles. The van der Waals surface area contributed by atoms with Crippen molar-refractivity contribution in [3.8, 4) is 39.1 Å². The Morgan fingerprint density at radius 2 is 1.05 bits per heavy atom. The van der Waals surface area contributed by atoms with Crippen molar-refractivity contribution < 1.29 is 0 Å². The summed E-state index contributed by atoms with van der Waals surface area (Å²) in [6.45, 7) is 4.75. The van der Waals surface area contributed by atoms with Gasteiger partial charge in [-0.25, -0.2) is 0 Å². The lowest BCUT2D eigenvalue weighted by Crippen LogP contribution is -2.17. The van der Waals surface area contributed by atoms with Gasteiger partial charge in [-0.2, -0.15) is 0 Å². The average molecular weight is 785 g/mol. The first-order valence-electron chi connectivity index (χ1n) is 20.8. The van der Waals surface area contributed by atoms with Crippen molar-refractivity contribution in [3.63, 3.8) is 0 Å². The molecule has 0 saturated carbocycles. The molecule has 0 saturated heterocycles. The van der Waals surface area contributed by atoms with Gasteiger partial charge in [-0.3, -0.25) is 0 Å². The zero-order chi connectivity index (χ0) is 40.0. The van der Waals surface area contributed by atoms with E-state index in [2.05, 4.69) is 230 Å². The van der Waals surface area contributed by atoms with Crippen LogP contribution in [0.15, 0.2) is 206 Å². The minimum atomic E-state index is -0.154. The van der Waals surface area contributed by atoms with Crippen molar-refractivity contribution in [2.24, 2.45) is 0 Å². The molecule has 1 aliphatic rings. The molecular weight excluding hydrogens is 745 g/mol. The number of rotatable bonds is 6. The number of nitrogens with zero attached hydrogens (tertiary/aromatic N) is 2. The molecule has 60 heavy (non-hydrogen) atoms. The molecule has 1 aliphatic carbocycles. The maximum atomic E-state index is 2.54. The molecule has 0 bridgehead atoms. The quantitative estimate of drug-likeness (QED) is 0.163. The number of fused-ring (bicyclic) bond motifs is 9. The Balaban J connectivity index is 1.16. The summed E-state index contributed by atoms with van der Waals surface area (Å²) in [6.07, 6.45) is 0. The Hall–Kier alpha value is -7.20. The highest BCUT2D eigenvalue weighted by Gasteiger charge is 2.36. The van der Waals surface area contributed by atoms with Crippen LogP contribution >= 0.6 is 11.3 Å². The van der Waals surface area contributed by atoms with Crippen LogP contribution < -0.4 is 4.90 Å². The molecule has 9 aromatic carbocycles. The number of para-hydroxylation sites is 3. The molecule has 0 amide bonds. The van der Waals surface area contributed by atoms with Gasteiger partial charge < -0.3 is 9.47 Å². The van der Waals surface area contributed by atoms with Gasteiger partial charge in [0.25, 0.3) is 0 Å². The predicted molar refractivity (Wildman–Crippen MR) is 257 cm³/mol. The zero-order valence-corrected chi connectivity index (χ0v) is 34.2. The van der Waals surface area contributed by atoms with Gasteiger partial charge in [-0.05, 0) is 76.3 Å². The fraction of sp³-hybridized carbons (Fsp3) is 0.0526. The van der Waals surface area contributed by atoms with Crippen LogP contribution in [0.2, 0.25) is 0 Å². The molecule has 0 fully saturated rings. The minimum Gasteiger partial charge on any atom is -0.309 e. The summed E-state index contributed by atoms with van der Waals surface area (Å²) in [5.74, 6) is 0. The second-order valence-corrected chi connectivity index (χ2v) is 17.5. The summed E-state index contributed by atoms with van der Waals surface area (Å²) < 4.78 is 5.09.